The number of nitrogens with zero attached hydrogens (tertiary/aromatic N) is 1. The molecule has 56 valence electrons. The SMILES string of the molecule is CC(C)(O)c1cnc(Br)s1. The van der Waals surface area contributed by atoms with Crippen molar-refractivity contribution in [2.24, 2.45) is 0 Å². The van der Waals surface area contributed by atoms with Gasteiger partial charge in [0.2, 0.25) is 0 Å². The summed E-state index contributed by atoms with van der Waals surface area (Å²) in [5.41, 5.74) is -0.760. The van der Waals surface area contributed by atoms with Crippen LogP contribution in [0.25, 0.3) is 0 Å². The molecule has 0 aliphatic heterocycles. The lowest BCUT2D eigenvalue weighted by Gasteiger charge is -2.12. The Morgan fingerprint density at radius 2 is 2.30 bits per heavy atom. The van der Waals surface area contributed by atoms with Crippen molar-refractivity contribution in [1.29, 1.82) is 0 Å². The molecular formula is C6H8BrNOS. The molecular weight excluding hydrogens is 214 g/mol. The van der Waals surface area contributed by atoms with E-state index < -0.39 is 5.60 Å². The monoisotopic (exact) mass is 221 g/mol. The maximum atomic E-state index is 9.45. The van der Waals surface area contributed by atoms with Crippen molar-refractivity contribution in [2.75, 3.05) is 0 Å². The first-order valence-corrected chi connectivity index (χ1v) is 4.45. The molecule has 0 saturated carbocycles. The Kier molecular flexibility index (Phi) is 2.12. The van der Waals surface area contributed by atoms with Crippen LogP contribution >= 0.6 is 27.3 Å². The van der Waals surface area contributed by atoms with Crippen molar-refractivity contribution in [2.45, 2.75) is 19.4 Å². The average molecular weight is 222 g/mol. The highest BCUT2D eigenvalue weighted by atomic mass is 79.9. The fourth-order valence-corrected chi connectivity index (χ4v) is 1.80. The smallest absolute Gasteiger partial charge is 0.159 e. The third kappa shape index (κ3) is 1.78. The molecule has 0 aromatic carbocycles. The van der Waals surface area contributed by atoms with Crippen LogP contribution in [0.1, 0.15) is 18.7 Å². The Bertz CT molecular complexity index is 228. The summed E-state index contributed by atoms with van der Waals surface area (Å²) in [7, 11) is 0. The van der Waals surface area contributed by atoms with Gasteiger partial charge in [0.25, 0.3) is 0 Å². The van der Waals surface area contributed by atoms with E-state index in [0.29, 0.717) is 0 Å². The molecule has 0 unspecified atom stereocenters. The first-order valence-electron chi connectivity index (χ1n) is 2.84. The zero-order valence-electron chi connectivity index (χ0n) is 5.76. The van der Waals surface area contributed by atoms with Crippen LogP contribution in [0.4, 0.5) is 0 Å². The molecule has 4 heteroatoms. The number of aromatic nitrogens is 1. The number of thiazole rings is 1. The summed E-state index contributed by atoms with van der Waals surface area (Å²) < 4.78 is 0.810. The molecule has 0 amide bonds. The lowest BCUT2D eigenvalue weighted by atomic mass is 10.1. The molecule has 0 spiro atoms. The summed E-state index contributed by atoms with van der Waals surface area (Å²) in [6.45, 7) is 3.49. The van der Waals surface area contributed by atoms with Crippen LogP contribution in [0, 0.1) is 0 Å². The van der Waals surface area contributed by atoms with E-state index in [1.165, 1.54) is 11.3 Å². The number of hydrogen-bond donors (Lipinski definition) is 1. The predicted octanol–water partition coefficient (Wildman–Crippen LogP) is 2.13. The minimum Gasteiger partial charge on any atom is -0.385 e. The lowest BCUT2D eigenvalue weighted by Crippen LogP contribution is -2.12. The van der Waals surface area contributed by atoms with Gasteiger partial charge < -0.3 is 5.11 Å². The third-order valence-corrected chi connectivity index (χ3v) is 2.87. The Morgan fingerprint density at radius 3 is 2.50 bits per heavy atom. The number of halogens is 1. The highest BCUT2D eigenvalue weighted by Crippen LogP contribution is 2.27. The van der Waals surface area contributed by atoms with Crippen LogP contribution in [0.3, 0.4) is 0 Å². The molecule has 0 saturated heterocycles. The van der Waals surface area contributed by atoms with Crippen molar-refractivity contribution in [3.63, 3.8) is 0 Å². The van der Waals surface area contributed by atoms with Crippen LogP contribution in [-0.4, -0.2) is 10.1 Å². The molecule has 1 heterocycles. The Labute approximate surface area is 72.0 Å². The van der Waals surface area contributed by atoms with Gasteiger partial charge in [-0.3, -0.25) is 0 Å². The molecule has 2 nitrogen and oxygen atoms in total. The predicted molar refractivity (Wildman–Crippen MR) is 45.1 cm³/mol. The van der Waals surface area contributed by atoms with Gasteiger partial charge in [-0.15, -0.1) is 11.3 Å². The average Bonchev–Trinajstić information content (AvgIpc) is 2.11. The van der Waals surface area contributed by atoms with Gasteiger partial charge in [0, 0.05) is 6.20 Å². The topological polar surface area (TPSA) is 33.1 Å². The molecule has 0 atom stereocenters. The quantitative estimate of drug-likeness (QED) is 0.789. The molecule has 0 radical (unpaired) electrons. The van der Waals surface area contributed by atoms with Crippen molar-refractivity contribution in [1.82, 2.24) is 4.98 Å². The Hall–Kier alpha value is 0.0700. The van der Waals surface area contributed by atoms with Gasteiger partial charge in [-0.2, -0.15) is 0 Å². The Balaban J connectivity index is 2.96. The highest BCUT2D eigenvalue weighted by Gasteiger charge is 2.18. The molecule has 1 N–H and O–H groups in total. The van der Waals surface area contributed by atoms with E-state index in [1.54, 1.807) is 20.0 Å². The number of rotatable bonds is 1. The first-order chi connectivity index (χ1) is 4.50. The summed E-state index contributed by atoms with van der Waals surface area (Å²) >= 11 is 4.67. The van der Waals surface area contributed by atoms with E-state index in [2.05, 4.69) is 20.9 Å². The summed E-state index contributed by atoms with van der Waals surface area (Å²) in [4.78, 5) is 4.83. The second-order valence-corrected chi connectivity index (χ2v) is 4.84. The van der Waals surface area contributed by atoms with E-state index in [4.69, 9.17) is 0 Å². The van der Waals surface area contributed by atoms with Crippen molar-refractivity contribution in [3.05, 3.63) is 15.0 Å². The fourth-order valence-electron chi connectivity index (χ4n) is 0.536. The van der Waals surface area contributed by atoms with Gasteiger partial charge in [0.05, 0.1) is 10.5 Å². The van der Waals surface area contributed by atoms with Crippen LogP contribution in [0.15, 0.2) is 10.1 Å². The maximum Gasteiger partial charge on any atom is 0.159 e. The number of aliphatic hydroxyl groups is 1. The molecule has 0 fully saturated rings. The second kappa shape index (κ2) is 2.60. The van der Waals surface area contributed by atoms with Crippen molar-refractivity contribution < 1.29 is 5.11 Å². The molecule has 0 aliphatic carbocycles. The lowest BCUT2D eigenvalue weighted by molar-refractivity contribution is 0.0823. The number of hydrogen-bond acceptors (Lipinski definition) is 3. The standard InChI is InChI=1S/C6H8BrNOS/c1-6(2,9)4-3-8-5(7)10-4/h3,9H,1-2H3. The van der Waals surface area contributed by atoms with Gasteiger partial charge in [-0.05, 0) is 29.8 Å². The first kappa shape index (κ1) is 8.17. The third-order valence-electron chi connectivity index (χ3n) is 1.08. The van der Waals surface area contributed by atoms with E-state index >= 15 is 0 Å². The van der Waals surface area contributed by atoms with Crippen molar-refractivity contribution in [3.8, 4) is 0 Å². The minimum absolute atomic E-state index is 0.760. The summed E-state index contributed by atoms with van der Waals surface area (Å²) in [5, 5.41) is 9.45. The summed E-state index contributed by atoms with van der Waals surface area (Å²) in [5.74, 6) is 0. The van der Waals surface area contributed by atoms with E-state index in [9.17, 15) is 5.11 Å². The van der Waals surface area contributed by atoms with E-state index in [0.717, 1.165) is 8.79 Å². The van der Waals surface area contributed by atoms with Crippen LogP contribution in [0.2, 0.25) is 0 Å². The maximum absolute atomic E-state index is 9.45. The summed E-state index contributed by atoms with van der Waals surface area (Å²) in [6, 6.07) is 0. The van der Waals surface area contributed by atoms with Gasteiger partial charge >= 0.3 is 0 Å². The normalized spacial score (nSPS) is 12.0. The molecule has 1 aromatic heterocycles. The van der Waals surface area contributed by atoms with Gasteiger partial charge in [0.15, 0.2) is 3.92 Å². The van der Waals surface area contributed by atoms with Crippen LogP contribution in [-0.2, 0) is 5.60 Å². The second-order valence-electron chi connectivity index (χ2n) is 2.54. The van der Waals surface area contributed by atoms with Gasteiger partial charge in [-0.1, -0.05) is 0 Å². The van der Waals surface area contributed by atoms with E-state index in [-0.39, 0.29) is 0 Å². The molecule has 10 heavy (non-hydrogen) atoms. The van der Waals surface area contributed by atoms with E-state index in [1.807, 2.05) is 0 Å². The molecule has 1 rings (SSSR count). The zero-order valence-corrected chi connectivity index (χ0v) is 8.16. The highest BCUT2D eigenvalue weighted by molar-refractivity contribution is 9.11. The Morgan fingerprint density at radius 1 is 1.70 bits per heavy atom. The molecule has 1 aromatic rings. The van der Waals surface area contributed by atoms with Crippen molar-refractivity contribution >= 4 is 27.3 Å². The minimum atomic E-state index is -0.760. The fraction of sp³-hybridized carbons (Fsp3) is 0.500. The molecule has 0 bridgehead atoms. The summed E-state index contributed by atoms with van der Waals surface area (Å²) in [6.07, 6.45) is 1.68. The van der Waals surface area contributed by atoms with Crippen LogP contribution in [0.5, 0.6) is 0 Å². The van der Waals surface area contributed by atoms with Gasteiger partial charge in [0.1, 0.15) is 0 Å². The van der Waals surface area contributed by atoms with Crippen LogP contribution < -0.4 is 0 Å². The molecule has 0 aliphatic rings. The van der Waals surface area contributed by atoms with Gasteiger partial charge in [-0.25, -0.2) is 4.98 Å². The zero-order chi connectivity index (χ0) is 7.78. The largest absolute Gasteiger partial charge is 0.385 e.